The molecule has 0 bridgehead atoms. The monoisotopic (exact) mass is 364 g/mol. The number of rotatable bonds is 8. The van der Waals surface area contributed by atoms with E-state index in [0.717, 1.165) is 36.5 Å². The maximum atomic E-state index is 5.86. The van der Waals surface area contributed by atoms with Gasteiger partial charge in [0, 0.05) is 17.3 Å². The summed E-state index contributed by atoms with van der Waals surface area (Å²) in [7, 11) is 0. The number of hydrogen-bond acceptors (Lipinski definition) is 4. The second kappa shape index (κ2) is 9.41. The topological polar surface area (TPSA) is 48.1 Å². The summed E-state index contributed by atoms with van der Waals surface area (Å²) in [6, 6.07) is 18.7. The molecule has 0 radical (unpaired) electrons. The summed E-state index contributed by atoms with van der Waals surface area (Å²) in [5.41, 5.74) is 4.83. The number of unbranched alkanes of at least 4 members (excludes halogenated alkanes) is 1. The molecule has 0 fully saturated rings. The first-order valence-corrected chi connectivity index (χ1v) is 9.74. The Labute approximate surface area is 159 Å². The zero-order valence-corrected chi connectivity index (χ0v) is 15.8. The zero-order chi connectivity index (χ0) is 18.2. The fourth-order valence-electron chi connectivity index (χ4n) is 2.82. The molecule has 0 aliphatic heterocycles. The van der Waals surface area contributed by atoms with Crippen LogP contribution in [0.15, 0.2) is 71.9 Å². The van der Waals surface area contributed by atoms with Gasteiger partial charge in [-0.05, 0) is 84.7 Å². The average Bonchev–Trinajstić information content (AvgIpc) is 2.69. The smallest absolute Gasteiger partial charge is 0.119 e. The first-order chi connectivity index (χ1) is 12.8. The Balaban J connectivity index is 1.48. The van der Waals surface area contributed by atoms with Crippen LogP contribution >= 0.6 is 11.9 Å². The molecule has 2 aromatic carbocycles. The molecule has 0 unspecified atom stereocenters. The van der Waals surface area contributed by atoms with Crippen LogP contribution in [0, 0.1) is 6.92 Å². The van der Waals surface area contributed by atoms with Gasteiger partial charge in [0.15, 0.2) is 0 Å². The molecule has 1 aromatic heterocycles. The molecule has 0 atom stereocenters. The minimum Gasteiger partial charge on any atom is -0.494 e. The highest BCUT2D eigenvalue weighted by molar-refractivity contribution is 7.97. The van der Waals surface area contributed by atoms with Crippen molar-refractivity contribution in [1.82, 2.24) is 4.98 Å². The van der Waals surface area contributed by atoms with Crippen molar-refractivity contribution in [3.63, 3.8) is 0 Å². The number of ether oxygens (including phenoxy) is 1. The van der Waals surface area contributed by atoms with E-state index < -0.39 is 0 Å². The quantitative estimate of drug-likeness (QED) is 0.428. The first-order valence-electron chi connectivity index (χ1n) is 8.86. The summed E-state index contributed by atoms with van der Waals surface area (Å²) in [6.45, 7) is 2.81. The van der Waals surface area contributed by atoms with Crippen LogP contribution in [0.4, 0.5) is 0 Å². The molecule has 0 saturated carbocycles. The summed E-state index contributed by atoms with van der Waals surface area (Å²) in [5, 5.41) is 5.73. The minimum absolute atomic E-state index is 0.734. The van der Waals surface area contributed by atoms with Crippen LogP contribution in [0.1, 0.15) is 24.0 Å². The summed E-state index contributed by atoms with van der Waals surface area (Å²) >= 11 is 1.29. The molecule has 3 nitrogen and oxygen atoms in total. The fourth-order valence-corrected chi connectivity index (χ4v) is 3.27. The van der Waals surface area contributed by atoms with E-state index in [2.05, 4.69) is 48.3 Å². The maximum Gasteiger partial charge on any atom is 0.119 e. The molecule has 0 aliphatic carbocycles. The molecule has 3 aromatic rings. The Kier molecular flexibility index (Phi) is 6.69. The van der Waals surface area contributed by atoms with Crippen LogP contribution < -0.4 is 9.88 Å². The van der Waals surface area contributed by atoms with Crippen molar-refractivity contribution in [3.8, 4) is 16.9 Å². The number of nitrogens with two attached hydrogens (primary N) is 1. The summed E-state index contributed by atoms with van der Waals surface area (Å²) in [4.78, 5) is 5.25. The molecule has 1 heterocycles. The van der Waals surface area contributed by atoms with Crippen molar-refractivity contribution in [2.75, 3.05) is 6.61 Å². The van der Waals surface area contributed by atoms with Gasteiger partial charge in [-0.15, -0.1) is 0 Å². The Morgan fingerprint density at radius 2 is 1.81 bits per heavy atom. The predicted molar refractivity (Wildman–Crippen MR) is 109 cm³/mol. The van der Waals surface area contributed by atoms with E-state index in [1.807, 2.05) is 30.6 Å². The lowest BCUT2D eigenvalue weighted by molar-refractivity contribution is 0.307. The Morgan fingerprint density at radius 1 is 1.00 bits per heavy atom. The van der Waals surface area contributed by atoms with Gasteiger partial charge in [-0.1, -0.05) is 30.3 Å². The number of hydrogen-bond donors (Lipinski definition) is 1. The van der Waals surface area contributed by atoms with Crippen molar-refractivity contribution in [3.05, 3.63) is 78.1 Å². The third-order valence-electron chi connectivity index (χ3n) is 4.35. The van der Waals surface area contributed by atoms with E-state index in [1.54, 1.807) is 0 Å². The molecule has 0 saturated heterocycles. The van der Waals surface area contributed by atoms with Crippen LogP contribution in [0.3, 0.4) is 0 Å². The molecule has 26 heavy (non-hydrogen) atoms. The van der Waals surface area contributed by atoms with Crippen molar-refractivity contribution >= 4 is 11.9 Å². The number of aromatic nitrogens is 1. The summed E-state index contributed by atoms with van der Waals surface area (Å²) in [5.74, 6) is 0.913. The minimum atomic E-state index is 0.734. The Hall–Kier alpha value is -2.30. The van der Waals surface area contributed by atoms with Crippen molar-refractivity contribution in [2.45, 2.75) is 31.1 Å². The van der Waals surface area contributed by atoms with Crippen LogP contribution in [0.25, 0.3) is 11.1 Å². The highest BCUT2D eigenvalue weighted by Crippen LogP contribution is 2.27. The predicted octanol–water partition coefficient (Wildman–Crippen LogP) is 5.42. The molecule has 134 valence electrons. The fraction of sp³-hybridized carbons (Fsp3) is 0.227. The second-order valence-electron chi connectivity index (χ2n) is 6.29. The van der Waals surface area contributed by atoms with Gasteiger partial charge in [0.25, 0.3) is 0 Å². The van der Waals surface area contributed by atoms with E-state index in [4.69, 9.17) is 9.88 Å². The standard InChI is InChI=1S/C22H24N2OS/c1-17-7-8-20(15-22(17)26-23)19-9-11-21(12-10-19)25-14-3-2-5-18-6-4-13-24-16-18/h4,6-13,15-16H,2-3,5,14,23H2,1H3. The molecular formula is C22H24N2OS. The lowest BCUT2D eigenvalue weighted by Crippen LogP contribution is -1.98. The normalized spacial score (nSPS) is 10.7. The summed E-state index contributed by atoms with van der Waals surface area (Å²) in [6.07, 6.45) is 6.92. The van der Waals surface area contributed by atoms with Gasteiger partial charge in [-0.3, -0.25) is 10.1 Å². The number of nitrogens with zero attached hydrogens (tertiary/aromatic N) is 1. The van der Waals surface area contributed by atoms with Gasteiger partial charge in [0.2, 0.25) is 0 Å². The van der Waals surface area contributed by atoms with E-state index in [-0.39, 0.29) is 0 Å². The number of aryl methyl sites for hydroxylation is 2. The molecular weight excluding hydrogens is 340 g/mol. The van der Waals surface area contributed by atoms with Gasteiger partial charge in [-0.2, -0.15) is 0 Å². The van der Waals surface area contributed by atoms with Crippen molar-refractivity contribution in [2.24, 2.45) is 5.14 Å². The lowest BCUT2D eigenvalue weighted by Gasteiger charge is -2.09. The number of pyridine rings is 1. The molecule has 0 aliphatic rings. The SMILES string of the molecule is Cc1ccc(-c2ccc(OCCCCc3cccnc3)cc2)cc1SN. The largest absolute Gasteiger partial charge is 0.494 e. The van der Waals surface area contributed by atoms with E-state index in [1.165, 1.54) is 34.2 Å². The molecule has 3 rings (SSSR count). The van der Waals surface area contributed by atoms with E-state index in [9.17, 15) is 0 Å². The molecule has 4 heteroatoms. The van der Waals surface area contributed by atoms with Gasteiger partial charge in [-0.25, -0.2) is 0 Å². The van der Waals surface area contributed by atoms with E-state index in [0.29, 0.717) is 0 Å². The molecule has 0 spiro atoms. The van der Waals surface area contributed by atoms with E-state index >= 15 is 0 Å². The van der Waals surface area contributed by atoms with Gasteiger partial charge in [0.1, 0.15) is 5.75 Å². The third kappa shape index (κ3) is 5.10. The van der Waals surface area contributed by atoms with Crippen molar-refractivity contribution in [1.29, 1.82) is 0 Å². The molecule has 0 amide bonds. The Bertz CT molecular complexity index is 819. The molecule has 2 N–H and O–H groups in total. The third-order valence-corrected chi connectivity index (χ3v) is 5.05. The second-order valence-corrected chi connectivity index (χ2v) is 6.96. The highest BCUT2D eigenvalue weighted by atomic mass is 32.2. The van der Waals surface area contributed by atoms with Gasteiger partial charge in [0.05, 0.1) is 6.61 Å². The van der Waals surface area contributed by atoms with Crippen LogP contribution in [0.5, 0.6) is 5.75 Å². The first kappa shape index (κ1) is 18.5. The maximum absolute atomic E-state index is 5.86. The van der Waals surface area contributed by atoms with Crippen LogP contribution in [-0.4, -0.2) is 11.6 Å². The van der Waals surface area contributed by atoms with Gasteiger partial charge >= 0.3 is 0 Å². The zero-order valence-electron chi connectivity index (χ0n) is 15.0. The van der Waals surface area contributed by atoms with Crippen LogP contribution in [-0.2, 0) is 6.42 Å². The number of benzene rings is 2. The average molecular weight is 365 g/mol. The van der Waals surface area contributed by atoms with Crippen LogP contribution in [0.2, 0.25) is 0 Å². The van der Waals surface area contributed by atoms with Crippen molar-refractivity contribution < 1.29 is 4.74 Å². The Morgan fingerprint density at radius 3 is 2.54 bits per heavy atom. The van der Waals surface area contributed by atoms with Gasteiger partial charge < -0.3 is 4.74 Å². The highest BCUT2D eigenvalue weighted by Gasteiger charge is 2.03. The summed E-state index contributed by atoms with van der Waals surface area (Å²) < 4.78 is 5.86. The lowest BCUT2D eigenvalue weighted by atomic mass is 10.0.